The number of fused-ring (bicyclic) bond motifs is 1. The average molecular weight is 281 g/mol. The molecular weight excluding hydrogens is 264 g/mol. The van der Waals surface area contributed by atoms with Gasteiger partial charge in [-0.05, 0) is 36.1 Å². The van der Waals surface area contributed by atoms with Gasteiger partial charge < -0.3 is 13.7 Å². The maximum Gasteiger partial charge on any atom is 0.176 e. The van der Waals surface area contributed by atoms with Crippen LogP contribution in [0.5, 0.6) is 5.75 Å². The Kier molecular flexibility index (Phi) is 4.27. The summed E-state index contributed by atoms with van der Waals surface area (Å²) >= 11 is -2.27. The molecule has 0 radical (unpaired) electrons. The lowest BCUT2D eigenvalue weighted by atomic mass is 10.1. The van der Waals surface area contributed by atoms with Crippen LogP contribution in [0.3, 0.4) is 0 Å². The summed E-state index contributed by atoms with van der Waals surface area (Å²) in [5, 5.41) is 0.838. The predicted molar refractivity (Wildman–Crippen MR) is 73.3 cm³/mol. The minimum atomic E-state index is -2.27. The second kappa shape index (κ2) is 5.75. The highest BCUT2D eigenvalue weighted by Crippen LogP contribution is 2.35. The van der Waals surface area contributed by atoms with Crippen molar-refractivity contribution in [1.29, 1.82) is 0 Å². The van der Waals surface area contributed by atoms with E-state index in [-0.39, 0.29) is 4.90 Å². The van der Waals surface area contributed by atoms with Gasteiger partial charge in [-0.25, -0.2) is 0 Å². The number of methoxy groups -OCH3 is 1. The van der Waals surface area contributed by atoms with Crippen molar-refractivity contribution < 1.29 is 17.9 Å². The monoisotopic (exact) mass is 281 g/mol. The molecule has 0 spiro atoms. The molecule has 19 heavy (non-hydrogen) atoms. The van der Waals surface area contributed by atoms with Crippen molar-refractivity contribution in [2.75, 3.05) is 7.11 Å². The minimum absolute atomic E-state index is 0.225. The van der Waals surface area contributed by atoms with Crippen LogP contribution in [0, 0.1) is 0 Å². The van der Waals surface area contributed by atoms with E-state index in [4.69, 9.17) is 9.15 Å². The van der Waals surface area contributed by atoms with Crippen molar-refractivity contribution in [3.05, 3.63) is 23.5 Å². The van der Waals surface area contributed by atoms with Crippen LogP contribution in [0.25, 0.3) is 11.0 Å². The van der Waals surface area contributed by atoms with Gasteiger partial charge in [0.25, 0.3) is 0 Å². The first-order valence-electron chi connectivity index (χ1n) is 6.33. The Labute approximate surface area is 115 Å². The van der Waals surface area contributed by atoms with Crippen LogP contribution in [0.15, 0.2) is 21.4 Å². The summed E-state index contributed by atoms with van der Waals surface area (Å²) in [6, 6.07) is 3.15. The second-order valence-electron chi connectivity index (χ2n) is 4.34. The fourth-order valence-corrected chi connectivity index (χ4v) is 2.72. The zero-order chi connectivity index (χ0) is 14.0. The number of hydrogen-bond donors (Lipinski definition) is 0. The molecule has 5 heteroatoms. The number of rotatable bonds is 5. The molecule has 0 aliphatic carbocycles. The van der Waals surface area contributed by atoms with Gasteiger partial charge >= 0.3 is 0 Å². The molecule has 1 heterocycles. The van der Waals surface area contributed by atoms with Gasteiger partial charge in [-0.3, -0.25) is 4.21 Å². The van der Waals surface area contributed by atoms with E-state index in [1.54, 1.807) is 6.07 Å². The van der Waals surface area contributed by atoms with Gasteiger partial charge in [0.2, 0.25) is 0 Å². The molecule has 1 aromatic heterocycles. The minimum Gasteiger partial charge on any atom is -0.768 e. The third-order valence-corrected chi connectivity index (χ3v) is 3.78. The summed E-state index contributed by atoms with van der Waals surface area (Å²) in [5.41, 5.74) is 1.71. The van der Waals surface area contributed by atoms with Crippen LogP contribution < -0.4 is 4.74 Å². The lowest BCUT2D eigenvalue weighted by molar-refractivity contribution is 0.406. The molecule has 1 unspecified atom stereocenters. The van der Waals surface area contributed by atoms with Crippen LogP contribution in [-0.4, -0.2) is 15.9 Å². The lowest BCUT2D eigenvalue weighted by Gasteiger charge is -2.08. The zero-order valence-corrected chi connectivity index (χ0v) is 12.1. The highest BCUT2D eigenvalue weighted by atomic mass is 32.2. The number of furan rings is 1. The molecular formula is C14H17O4S-. The van der Waals surface area contributed by atoms with E-state index in [9.17, 15) is 8.76 Å². The highest BCUT2D eigenvalue weighted by molar-refractivity contribution is 7.79. The van der Waals surface area contributed by atoms with Crippen molar-refractivity contribution in [2.24, 2.45) is 0 Å². The fourth-order valence-electron chi connectivity index (χ4n) is 2.31. The summed E-state index contributed by atoms with van der Waals surface area (Å²) in [5.74, 6) is 1.39. The van der Waals surface area contributed by atoms with E-state index in [1.807, 2.05) is 6.92 Å². The largest absolute Gasteiger partial charge is 0.768 e. The third-order valence-electron chi connectivity index (χ3n) is 3.16. The van der Waals surface area contributed by atoms with Gasteiger partial charge in [0, 0.05) is 22.3 Å². The molecule has 0 aliphatic heterocycles. The molecule has 2 aromatic rings. The van der Waals surface area contributed by atoms with Crippen LogP contribution in [0.4, 0.5) is 0 Å². The summed E-state index contributed by atoms with van der Waals surface area (Å²) < 4.78 is 33.4. The molecule has 0 fully saturated rings. The van der Waals surface area contributed by atoms with E-state index >= 15 is 0 Å². The van der Waals surface area contributed by atoms with Gasteiger partial charge in [0.05, 0.1) is 7.11 Å². The molecule has 0 bridgehead atoms. The van der Waals surface area contributed by atoms with E-state index in [0.717, 1.165) is 36.0 Å². The molecule has 104 valence electrons. The van der Waals surface area contributed by atoms with Gasteiger partial charge in [-0.2, -0.15) is 0 Å². The van der Waals surface area contributed by atoms with Gasteiger partial charge in [0.1, 0.15) is 5.76 Å². The van der Waals surface area contributed by atoms with E-state index in [0.29, 0.717) is 11.3 Å². The second-order valence-corrected chi connectivity index (χ2v) is 5.29. The Bertz CT molecular complexity index is 615. The van der Waals surface area contributed by atoms with Crippen LogP contribution in [0.1, 0.15) is 31.6 Å². The number of ether oxygens (including phenoxy) is 1. The first-order valence-corrected chi connectivity index (χ1v) is 7.41. The van der Waals surface area contributed by atoms with Crippen molar-refractivity contribution in [3.8, 4) is 5.75 Å². The highest BCUT2D eigenvalue weighted by Gasteiger charge is 2.17. The lowest BCUT2D eigenvalue weighted by Crippen LogP contribution is -1.92. The fraction of sp³-hybridized carbons (Fsp3) is 0.429. The van der Waals surface area contributed by atoms with Crippen LogP contribution >= 0.6 is 0 Å². The molecule has 2 rings (SSSR count). The summed E-state index contributed by atoms with van der Waals surface area (Å²) in [7, 11) is 1.51. The summed E-state index contributed by atoms with van der Waals surface area (Å²) in [4.78, 5) is 0.225. The van der Waals surface area contributed by atoms with Gasteiger partial charge in [0.15, 0.2) is 11.3 Å². The van der Waals surface area contributed by atoms with Gasteiger partial charge in [-0.15, -0.1) is 0 Å². The van der Waals surface area contributed by atoms with Crippen molar-refractivity contribution in [1.82, 2.24) is 0 Å². The predicted octanol–water partition coefficient (Wildman–Crippen LogP) is 3.19. The number of benzene rings is 1. The normalized spacial score (nSPS) is 12.8. The summed E-state index contributed by atoms with van der Waals surface area (Å²) in [6.07, 6.45) is 2.63. The van der Waals surface area contributed by atoms with Crippen molar-refractivity contribution in [3.63, 3.8) is 0 Å². The maximum atomic E-state index is 11.2. The maximum absolute atomic E-state index is 11.2. The topological polar surface area (TPSA) is 62.5 Å². The quantitative estimate of drug-likeness (QED) is 0.790. The average Bonchev–Trinajstić information content (AvgIpc) is 2.75. The molecule has 0 aliphatic rings. The Morgan fingerprint density at radius 3 is 2.63 bits per heavy atom. The van der Waals surface area contributed by atoms with Crippen molar-refractivity contribution >= 4 is 22.0 Å². The number of aryl methyl sites for hydroxylation is 2. The molecule has 4 nitrogen and oxygen atoms in total. The smallest absolute Gasteiger partial charge is 0.176 e. The number of hydrogen-bond acceptors (Lipinski definition) is 4. The Balaban J connectivity index is 2.75. The standard InChI is InChI=1S/C14H18O4S/c1-4-6-12-10(5-2)11-7-9(19(15)16)8-13(17-3)14(11)18-12/h7-8H,4-6H2,1-3H3,(H,15,16)/p-1. The Morgan fingerprint density at radius 2 is 2.11 bits per heavy atom. The first-order chi connectivity index (χ1) is 9.12. The summed E-state index contributed by atoms with van der Waals surface area (Å²) in [6.45, 7) is 4.12. The third kappa shape index (κ3) is 2.53. The van der Waals surface area contributed by atoms with Crippen LogP contribution in [-0.2, 0) is 23.9 Å². The van der Waals surface area contributed by atoms with E-state index < -0.39 is 11.1 Å². The van der Waals surface area contributed by atoms with E-state index in [1.165, 1.54) is 13.2 Å². The molecule has 0 amide bonds. The molecule has 1 aromatic carbocycles. The molecule has 0 saturated heterocycles. The van der Waals surface area contributed by atoms with Crippen molar-refractivity contribution in [2.45, 2.75) is 38.0 Å². The Hall–Kier alpha value is -1.33. The van der Waals surface area contributed by atoms with Crippen LogP contribution in [0.2, 0.25) is 0 Å². The Morgan fingerprint density at radius 1 is 1.37 bits per heavy atom. The first kappa shape index (κ1) is 14.1. The molecule has 0 N–H and O–H groups in total. The zero-order valence-electron chi connectivity index (χ0n) is 11.3. The van der Waals surface area contributed by atoms with Gasteiger partial charge in [-0.1, -0.05) is 13.8 Å². The van der Waals surface area contributed by atoms with E-state index in [2.05, 4.69) is 6.92 Å². The molecule has 1 atom stereocenters. The SMILES string of the molecule is CCCc1oc2c(OC)cc(S(=O)[O-])cc2c1CC. The molecule has 0 saturated carbocycles.